The summed E-state index contributed by atoms with van der Waals surface area (Å²) in [7, 11) is 0. The number of aryl methyl sites for hydroxylation is 1. The third-order valence-electron chi connectivity index (χ3n) is 4.60. The number of hydrogen-bond acceptors (Lipinski definition) is 3. The summed E-state index contributed by atoms with van der Waals surface area (Å²) < 4.78 is 1.82. The highest BCUT2D eigenvalue weighted by atomic mass is 16.3. The van der Waals surface area contributed by atoms with E-state index in [2.05, 4.69) is 24.3 Å². The molecular weight excluding hydrogens is 314 g/mol. The lowest BCUT2D eigenvalue weighted by molar-refractivity contribution is 0.0838. The molecule has 0 bridgehead atoms. The Bertz CT molecular complexity index is 678. The van der Waals surface area contributed by atoms with Gasteiger partial charge in [-0.05, 0) is 38.3 Å². The van der Waals surface area contributed by atoms with Crippen LogP contribution in [0.3, 0.4) is 0 Å². The van der Waals surface area contributed by atoms with E-state index in [1.807, 2.05) is 54.9 Å². The van der Waals surface area contributed by atoms with Crippen LogP contribution in [0, 0.1) is 6.92 Å². The molecule has 25 heavy (non-hydrogen) atoms. The van der Waals surface area contributed by atoms with Gasteiger partial charge in [0.1, 0.15) is 5.69 Å². The summed E-state index contributed by atoms with van der Waals surface area (Å²) in [4.78, 5) is 12.7. The molecule has 1 heterocycles. The van der Waals surface area contributed by atoms with Crippen molar-refractivity contribution in [1.29, 1.82) is 0 Å². The maximum atomic E-state index is 12.7. The molecule has 5 heteroatoms. The van der Waals surface area contributed by atoms with Crippen LogP contribution in [0.1, 0.15) is 61.4 Å². The highest BCUT2D eigenvalue weighted by Crippen LogP contribution is 2.18. The van der Waals surface area contributed by atoms with Gasteiger partial charge in [-0.15, -0.1) is 0 Å². The summed E-state index contributed by atoms with van der Waals surface area (Å²) in [5, 5.41) is 17.8. The van der Waals surface area contributed by atoms with Gasteiger partial charge in [-0.1, -0.05) is 44.2 Å². The summed E-state index contributed by atoms with van der Waals surface area (Å²) in [6, 6.07) is 11.5. The van der Waals surface area contributed by atoms with Crippen molar-refractivity contribution in [3.05, 3.63) is 53.3 Å². The van der Waals surface area contributed by atoms with Crippen molar-refractivity contribution in [1.82, 2.24) is 15.1 Å². The Kier molecular flexibility index (Phi) is 6.76. The Morgan fingerprint density at radius 1 is 1.24 bits per heavy atom. The minimum Gasteiger partial charge on any atom is -0.391 e. The largest absolute Gasteiger partial charge is 0.391 e. The van der Waals surface area contributed by atoms with Gasteiger partial charge < -0.3 is 10.4 Å². The molecule has 0 fully saturated rings. The standard InChI is InChI=1S/C20H29N3O2/c1-5-17(6-2)23-18(12-14(3)22-23)20(25)21-15(4)19(24)13-16-10-8-7-9-11-16/h7-12,15,17,19,24H,5-6,13H2,1-4H3,(H,21,25). The van der Waals surface area contributed by atoms with Crippen LogP contribution in [0.15, 0.2) is 36.4 Å². The highest BCUT2D eigenvalue weighted by Gasteiger charge is 2.22. The lowest BCUT2D eigenvalue weighted by atomic mass is 10.0. The van der Waals surface area contributed by atoms with Crippen LogP contribution >= 0.6 is 0 Å². The van der Waals surface area contributed by atoms with E-state index in [1.165, 1.54) is 0 Å². The van der Waals surface area contributed by atoms with Gasteiger partial charge in [0.25, 0.3) is 5.91 Å². The van der Waals surface area contributed by atoms with E-state index in [4.69, 9.17) is 0 Å². The normalized spacial score (nSPS) is 13.7. The Morgan fingerprint density at radius 2 is 1.88 bits per heavy atom. The molecule has 0 saturated heterocycles. The lowest BCUT2D eigenvalue weighted by Gasteiger charge is -2.22. The Balaban J connectivity index is 2.06. The quantitative estimate of drug-likeness (QED) is 0.773. The zero-order chi connectivity index (χ0) is 18.4. The van der Waals surface area contributed by atoms with Crippen molar-refractivity contribution >= 4 is 5.91 Å². The summed E-state index contributed by atoms with van der Waals surface area (Å²) in [6.07, 6.45) is 1.71. The van der Waals surface area contributed by atoms with Crippen LogP contribution in [-0.2, 0) is 6.42 Å². The average Bonchev–Trinajstić information content (AvgIpc) is 2.98. The van der Waals surface area contributed by atoms with Crippen molar-refractivity contribution in [2.45, 2.75) is 65.1 Å². The smallest absolute Gasteiger partial charge is 0.269 e. The fourth-order valence-corrected chi connectivity index (χ4v) is 3.01. The van der Waals surface area contributed by atoms with Crippen molar-refractivity contribution < 1.29 is 9.90 Å². The molecule has 5 nitrogen and oxygen atoms in total. The number of aliphatic hydroxyl groups is 1. The number of aliphatic hydroxyl groups excluding tert-OH is 1. The van der Waals surface area contributed by atoms with Gasteiger partial charge in [-0.3, -0.25) is 9.48 Å². The van der Waals surface area contributed by atoms with E-state index in [9.17, 15) is 9.90 Å². The van der Waals surface area contributed by atoms with Crippen LogP contribution in [0.4, 0.5) is 0 Å². The molecule has 0 aliphatic heterocycles. The fourth-order valence-electron chi connectivity index (χ4n) is 3.01. The summed E-state index contributed by atoms with van der Waals surface area (Å²) in [5.74, 6) is -0.188. The Hall–Kier alpha value is -2.14. The molecule has 2 rings (SSSR count). The fraction of sp³-hybridized carbons (Fsp3) is 0.500. The zero-order valence-corrected chi connectivity index (χ0v) is 15.6. The number of carbonyl (C=O) groups is 1. The molecule has 2 aromatic rings. The van der Waals surface area contributed by atoms with Crippen molar-refractivity contribution in [3.63, 3.8) is 0 Å². The average molecular weight is 343 g/mol. The van der Waals surface area contributed by atoms with Gasteiger partial charge in [0.05, 0.1) is 23.9 Å². The third-order valence-corrected chi connectivity index (χ3v) is 4.60. The maximum absolute atomic E-state index is 12.7. The van der Waals surface area contributed by atoms with Gasteiger partial charge >= 0.3 is 0 Å². The number of nitrogens with zero attached hydrogens (tertiary/aromatic N) is 2. The molecule has 2 N–H and O–H groups in total. The Morgan fingerprint density at radius 3 is 2.48 bits per heavy atom. The summed E-state index contributed by atoms with van der Waals surface area (Å²) in [5.41, 5.74) is 2.44. The van der Waals surface area contributed by atoms with Crippen molar-refractivity contribution in [3.8, 4) is 0 Å². The number of aromatic nitrogens is 2. The van der Waals surface area contributed by atoms with Crippen LogP contribution in [0.2, 0.25) is 0 Å². The number of nitrogens with one attached hydrogen (secondary N) is 1. The molecule has 0 aliphatic carbocycles. The first-order valence-electron chi connectivity index (χ1n) is 9.05. The molecule has 1 aromatic carbocycles. The van der Waals surface area contributed by atoms with Crippen LogP contribution < -0.4 is 5.32 Å². The van der Waals surface area contributed by atoms with Crippen molar-refractivity contribution in [2.24, 2.45) is 0 Å². The second-order valence-corrected chi connectivity index (χ2v) is 6.61. The number of rotatable bonds is 8. The first kappa shape index (κ1) is 19.2. The number of carbonyl (C=O) groups excluding carboxylic acids is 1. The first-order valence-corrected chi connectivity index (χ1v) is 9.05. The second-order valence-electron chi connectivity index (χ2n) is 6.61. The monoisotopic (exact) mass is 343 g/mol. The molecule has 0 aliphatic rings. The molecule has 2 atom stereocenters. The molecule has 136 valence electrons. The predicted octanol–water partition coefficient (Wildman–Crippen LogP) is 3.27. The van der Waals surface area contributed by atoms with E-state index >= 15 is 0 Å². The van der Waals surface area contributed by atoms with Gasteiger partial charge in [0, 0.05) is 6.42 Å². The maximum Gasteiger partial charge on any atom is 0.269 e. The number of amides is 1. The minimum absolute atomic E-state index is 0.188. The minimum atomic E-state index is -0.642. The predicted molar refractivity (Wildman–Crippen MR) is 99.7 cm³/mol. The van der Waals surface area contributed by atoms with Gasteiger partial charge in [0.15, 0.2) is 0 Å². The van der Waals surface area contributed by atoms with Gasteiger partial charge in [0.2, 0.25) is 0 Å². The number of benzene rings is 1. The molecule has 1 amide bonds. The van der Waals surface area contributed by atoms with Crippen molar-refractivity contribution in [2.75, 3.05) is 0 Å². The van der Waals surface area contributed by atoms with Gasteiger partial charge in [-0.2, -0.15) is 5.10 Å². The first-order chi connectivity index (χ1) is 12.0. The summed E-state index contributed by atoms with van der Waals surface area (Å²) in [6.45, 7) is 7.91. The molecule has 0 saturated carbocycles. The molecule has 2 unspecified atom stereocenters. The van der Waals surface area contributed by atoms with E-state index in [1.54, 1.807) is 0 Å². The second kappa shape index (κ2) is 8.81. The van der Waals surface area contributed by atoms with Crippen LogP contribution in [0.25, 0.3) is 0 Å². The topological polar surface area (TPSA) is 67.2 Å². The summed E-state index contributed by atoms with van der Waals surface area (Å²) >= 11 is 0. The van der Waals surface area contributed by atoms with E-state index in [0.717, 1.165) is 24.1 Å². The Labute approximate surface area is 150 Å². The van der Waals surface area contributed by atoms with E-state index in [0.29, 0.717) is 12.1 Å². The lowest BCUT2D eigenvalue weighted by Crippen LogP contribution is -2.43. The van der Waals surface area contributed by atoms with Crippen LogP contribution in [-0.4, -0.2) is 32.9 Å². The van der Waals surface area contributed by atoms with Crippen LogP contribution in [0.5, 0.6) is 0 Å². The molecular formula is C20H29N3O2. The third kappa shape index (κ3) is 4.92. The highest BCUT2D eigenvalue weighted by molar-refractivity contribution is 5.93. The number of hydrogen-bond donors (Lipinski definition) is 2. The van der Waals surface area contributed by atoms with E-state index in [-0.39, 0.29) is 18.0 Å². The van der Waals surface area contributed by atoms with Gasteiger partial charge in [-0.25, -0.2) is 0 Å². The molecule has 0 radical (unpaired) electrons. The molecule has 1 aromatic heterocycles. The SMILES string of the molecule is CCC(CC)n1nc(C)cc1C(=O)NC(C)C(O)Cc1ccccc1. The molecule has 0 spiro atoms. The van der Waals surface area contributed by atoms with E-state index < -0.39 is 6.10 Å². The zero-order valence-electron chi connectivity index (χ0n) is 15.6.